The van der Waals surface area contributed by atoms with Gasteiger partial charge in [-0.1, -0.05) is 53.7 Å². The van der Waals surface area contributed by atoms with Gasteiger partial charge in [-0.25, -0.2) is 0 Å². The van der Waals surface area contributed by atoms with Crippen LogP contribution in [0.25, 0.3) is 0 Å². The van der Waals surface area contributed by atoms with E-state index in [1.54, 1.807) is 11.8 Å². The summed E-state index contributed by atoms with van der Waals surface area (Å²) in [4.78, 5) is 2.57. The molecule has 0 radical (unpaired) electrons. The molecule has 1 aromatic heterocycles. The number of hydrogen-bond acceptors (Lipinski definition) is 5. The number of allylic oxidation sites excluding steroid dienone is 1. The van der Waals surface area contributed by atoms with E-state index in [9.17, 15) is 0 Å². The number of rotatable bonds is 8. The smallest absolute Gasteiger partial charge is 0.191 e. The van der Waals surface area contributed by atoms with E-state index in [-0.39, 0.29) is 0 Å². The van der Waals surface area contributed by atoms with E-state index >= 15 is 0 Å². The van der Waals surface area contributed by atoms with Gasteiger partial charge >= 0.3 is 0 Å². The summed E-state index contributed by atoms with van der Waals surface area (Å²) in [6.07, 6.45) is 7.23. The summed E-state index contributed by atoms with van der Waals surface area (Å²) in [5.41, 5.74) is 2.76. The molecule has 30 heavy (non-hydrogen) atoms. The molecule has 0 amide bonds. The molecule has 2 fully saturated rings. The lowest BCUT2D eigenvalue weighted by molar-refractivity contribution is 0.129. The zero-order valence-electron chi connectivity index (χ0n) is 18.3. The summed E-state index contributed by atoms with van der Waals surface area (Å²) in [5.74, 6) is 2.62. The second kappa shape index (κ2) is 10.6. The van der Waals surface area contributed by atoms with Gasteiger partial charge in [0.05, 0.1) is 12.6 Å². The molecule has 2 saturated heterocycles. The van der Waals surface area contributed by atoms with Crippen molar-refractivity contribution in [3.05, 3.63) is 53.4 Å². The zero-order chi connectivity index (χ0) is 20.8. The van der Waals surface area contributed by atoms with Crippen LogP contribution in [-0.2, 0) is 11.3 Å². The Morgan fingerprint density at radius 1 is 1.17 bits per heavy atom. The van der Waals surface area contributed by atoms with Crippen molar-refractivity contribution < 1.29 is 4.74 Å². The lowest BCUT2D eigenvalue weighted by Crippen LogP contribution is -2.34. The van der Waals surface area contributed by atoms with E-state index in [0.29, 0.717) is 12.0 Å². The van der Waals surface area contributed by atoms with Gasteiger partial charge in [-0.15, -0.1) is 10.2 Å². The quantitative estimate of drug-likeness (QED) is 0.450. The van der Waals surface area contributed by atoms with E-state index in [4.69, 9.17) is 9.84 Å². The van der Waals surface area contributed by atoms with Crippen molar-refractivity contribution in [1.82, 2.24) is 19.7 Å². The van der Waals surface area contributed by atoms with E-state index < -0.39 is 0 Å². The summed E-state index contributed by atoms with van der Waals surface area (Å²) < 4.78 is 8.19. The first kappa shape index (κ1) is 21.6. The third kappa shape index (κ3) is 5.54. The SMILES string of the molecule is C/C=C(\C)CN1CCC(c2nnc(SCC3CCCO3)n2Cc2ccccc2)CC1. The van der Waals surface area contributed by atoms with Crippen molar-refractivity contribution in [2.75, 3.05) is 32.0 Å². The predicted molar refractivity (Wildman–Crippen MR) is 123 cm³/mol. The van der Waals surface area contributed by atoms with Gasteiger partial charge in [-0.2, -0.15) is 0 Å². The standard InChI is InChI=1S/C24H34N4OS/c1-3-19(2)16-27-13-11-21(12-14-27)23-25-26-24(30-18-22-10-7-15-29-22)28(23)17-20-8-5-4-6-9-20/h3-6,8-9,21-22H,7,10-18H2,1-2H3/b19-3+. The topological polar surface area (TPSA) is 43.2 Å². The zero-order valence-corrected chi connectivity index (χ0v) is 19.1. The summed E-state index contributed by atoms with van der Waals surface area (Å²) >= 11 is 1.81. The predicted octanol–water partition coefficient (Wildman–Crippen LogP) is 4.74. The van der Waals surface area contributed by atoms with Crippen LogP contribution in [0.15, 0.2) is 47.1 Å². The maximum Gasteiger partial charge on any atom is 0.191 e. The van der Waals surface area contributed by atoms with Crippen molar-refractivity contribution in [1.29, 1.82) is 0 Å². The molecule has 0 bridgehead atoms. The van der Waals surface area contributed by atoms with Crippen LogP contribution >= 0.6 is 11.8 Å². The van der Waals surface area contributed by atoms with Crippen LogP contribution in [-0.4, -0.2) is 57.8 Å². The molecular formula is C24H34N4OS. The van der Waals surface area contributed by atoms with Crippen LogP contribution in [0.5, 0.6) is 0 Å². The van der Waals surface area contributed by atoms with Gasteiger partial charge in [0.1, 0.15) is 5.82 Å². The molecule has 5 nitrogen and oxygen atoms in total. The second-order valence-electron chi connectivity index (χ2n) is 8.54. The highest BCUT2D eigenvalue weighted by molar-refractivity contribution is 7.99. The Labute approximate surface area is 184 Å². The molecule has 2 aliphatic rings. The normalized spacial score (nSPS) is 21.4. The van der Waals surface area contributed by atoms with E-state index in [2.05, 4.69) is 64.8 Å². The molecule has 0 N–H and O–H groups in total. The van der Waals surface area contributed by atoms with E-state index in [1.165, 1.54) is 17.6 Å². The number of ether oxygens (including phenoxy) is 1. The van der Waals surface area contributed by atoms with Crippen LogP contribution in [0.3, 0.4) is 0 Å². The van der Waals surface area contributed by atoms with Crippen LogP contribution < -0.4 is 0 Å². The van der Waals surface area contributed by atoms with Crippen LogP contribution in [0.2, 0.25) is 0 Å². The van der Waals surface area contributed by atoms with Crippen molar-refractivity contribution in [3.8, 4) is 0 Å². The Balaban J connectivity index is 1.47. The van der Waals surface area contributed by atoms with Crippen molar-refractivity contribution in [2.45, 2.75) is 63.3 Å². The first-order valence-corrected chi connectivity index (χ1v) is 12.3. The molecule has 6 heteroatoms. The number of piperidine rings is 1. The molecule has 0 spiro atoms. The number of hydrogen-bond donors (Lipinski definition) is 0. The average Bonchev–Trinajstić information content (AvgIpc) is 3.44. The first-order valence-electron chi connectivity index (χ1n) is 11.3. The molecule has 2 aromatic rings. The maximum atomic E-state index is 5.82. The summed E-state index contributed by atoms with van der Waals surface area (Å²) in [5, 5.41) is 10.4. The van der Waals surface area contributed by atoms with Crippen molar-refractivity contribution in [2.24, 2.45) is 0 Å². The fraction of sp³-hybridized carbons (Fsp3) is 0.583. The molecule has 1 unspecified atom stereocenters. The number of nitrogens with zero attached hydrogens (tertiary/aromatic N) is 4. The molecule has 1 aromatic carbocycles. The minimum absolute atomic E-state index is 0.360. The van der Waals surface area contributed by atoms with Gasteiger partial charge in [0.2, 0.25) is 0 Å². The summed E-state index contributed by atoms with van der Waals surface area (Å²) in [6, 6.07) is 10.7. The van der Waals surface area contributed by atoms with Gasteiger partial charge in [-0.05, 0) is 58.2 Å². The molecule has 162 valence electrons. The third-order valence-electron chi connectivity index (χ3n) is 6.27. The lowest BCUT2D eigenvalue weighted by Gasteiger charge is -2.32. The number of likely N-dealkylation sites (tertiary alicyclic amines) is 1. The molecule has 0 saturated carbocycles. The first-order chi connectivity index (χ1) is 14.7. The summed E-state index contributed by atoms with van der Waals surface area (Å²) in [7, 11) is 0. The Morgan fingerprint density at radius 2 is 1.97 bits per heavy atom. The molecule has 2 aliphatic heterocycles. The average molecular weight is 427 g/mol. The molecule has 0 aliphatic carbocycles. The van der Waals surface area contributed by atoms with E-state index in [1.807, 2.05) is 0 Å². The van der Waals surface area contributed by atoms with Crippen LogP contribution in [0, 0.1) is 0 Å². The fourth-order valence-electron chi connectivity index (χ4n) is 4.36. The van der Waals surface area contributed by atoms with Crippen molar-refractivity contribution >= 4 is 11.8 Å². The maximum absolute atomic E-state index is 5.82. The molecule has 1 atom stereocenters. The number of aromatic nitrogens is 3. The Morgan fingerprint density at radius 3 is 2.67 bits per heavy atom. The third-order valence-corrected chi connectivity index (χ3v) is 7.37. The second-order valence-corrected chi connectivity index (χ2v) is 9.53. The lowest BCUT2D eigenvalue weighted by atomic mass is 9.95. The Kier molecular flexibility index (Phi) is 7.63. The molecule has 4 rings (SSSR count). The monoisotopic (exact) mass is 426 g/mol. The van der Waals surface area contributed by atoms with Crippen molar-refractivity contribution in [3.63, 3.8) is 0 Å². The van der Waals surface area contributed by atoms with Crippen LogP contribution in [0.1, 0.15) is 56.8 Å². The fourth-order valence-corrected chi connectivity index (χ4v) is 5.37. The highest BCUT2D eigenvalue weighted by Gasteiger charge is 2.27. The Hall–Kier alpha value is -1.63. The highest BCUT2D eigenvalue weighted by atomic mass is 32.2. The van der Waals surface area contributed by atoms with Gasteiger partial charge in [0.15, 0.2) is 5.16 Å². The van der Waals surface area contributed by atoms with Gasteiger partial charge < -0.3 is 9.30 Å². The van der Waals surface area contributed by atoms with Gasteiger partial charge in [0, 0.05) is 24.8 Å². The highest BCUT2D eigenvalue weighted by Crippen LogP contribution is 2.31. The molecular weight excluding hydrogens is 392 g/mol. The van der Waals surface area contributed by atoms with Crippen LogP contribution in [0.4, 0.5) is 0 Å². The van der Waals surface area contributed by atoms with Gasteiger partial charge in [-0.3, -0.25) is 4.90 Å². The number of benzene rings is 1. The largest absolute Gasteiger partial charge is 0.377 e. The van der Waals surface area contributed by atoms with E-state index in [0.717, 1.165) is 68.8 Å². The summed E-state index contributed by atoms with van der Waals surface area (Å²) in [6.45, 7) is 9.44. The Bertz CT molecular complexity index is 821. The number of thioether (sulfide) groups is 1. The molecule has 3 heterocycles. The minimum atomic E-state index is 0.360. The minimum Gasteiger partial charge on any atom is -0.377 e. The van der Waals surface area contributed by atoms with Gasteiger partial charge in [0.25, 0.3) is 0 Å².